The first-order valence-electron chi connectivity index (χ1n) is 7.85. The first kappa shape index (κ1) is 17.6. The van der Waals surface area contributed by atoms with Gasteiger partial charge in [0.2, 0.25) is 5.91 Å². The molecule has 0 radical (unpaired) electrons. The molecule has 1 amide bonds. The summed E-state index contributed by atoms with van der Waals surface area (Å²) in [4.78, 5) is 14.5. The van der Waals surface area contributed by atoms with Crippen molar-refractivity contribution in [3.8, 4) is 11.5 Å². The minimum Gasteiger partial charge on any atom is -0.497 e. The Kier molecular flexibility index (Phi) is 5.49. The molecule has 0 saturated carbocycles. The van der Waals surface area contributed by atoms with E-state index in [0.29, 0.717) is 23.7 Å². The third-order valence-corrected chi connectivity index (χ3v) is 4.44. The Morgan fingerprint density at radius 1 is 1.39 bits per heavy atom. The number of nitrogens with one attached hydrogen (secondary N) is 1. The number of carbonyl (C=O) groups is 1. The number of hydrogen-bond acceptors (Lipinski definition) is 5. The van der Waals surface area contributed by atoms with E-state index in [4.69, 9.17) is 15.2 Å². The standard InChI is InChI=1S/C17H27N3O3/c1-17(2)11-20(8-7-15(17)18)10-16(21)19-13-9-12(22-3)5-6-14(13)23-4/h5-6,9,15H,7-8,10-11,18H2,1-4H3,(H,19,21). The van der Waals surface area contributed by atoms with Crippen LogP contribution >= 0.6 is 0 Å². The van der Waals surface area contributed by atoms with E-state index >= 15 is 0 Å². The third-order valence-electron chi connectivity index (χ3n) is 4.44. The molecule has 1 unspecified atom stereocenters. The van der Waals surface area contributed by atoms with Gasteiger partial charge in [-0.3, -0.25) is 9.69 Å². The van der Waals surface area contributed by atoms with E-state index in [1.807, 2.05) is 0 Å². The first-order valence-corrected chi connectivity index (χ1v) is 7.85. The highest BCUT2D eigenvalue weighted by Gasteiger charge is 2.33. The number of nitrogens with two attached hydrogens (primary N) is 1. The number of anilines is 1. The molecule has 6 nitrogen and oxygen atoms in total. The van der Waals surface area contributed by atoms with Crippen molar-refractivity contribution in [2.75, 3.05) is 39.2 Å². The molecule has 1 aliphatic heterocycles. The van der Waals surface area contributed by atoms with Gasteiger partial charge in [0.05, 0.1) is 26.5 Å². The van der Waals surface area contributed by atoms with E-state index in [0.717, 1.165) is 19.5 Å². The van der Waals surface area contributed by atoms with Crippen molar-refractivity contribution in [2.45, 2.75) is 26.3 Å². The lowest BCUT2D eigenvalue weighted by atomic mass is 9.80. The zero-order valence-electron chi connectivity index (χ0n) is 14.4. The highest BCUT2D eigenvalue weighted by Crippen LogP contribution is 2.30. The summed E-state index contributed by atoms with van der Waals surface area (Å²) in [7, 11) is 3.17. The van der Waals surface area contributed by atoms with Crippen LogP contribution in [0.4, 0.5) is 5.69 Å². The molecule has 3 N–H and O–H groups in total. The van der Waals surface area contributed by atoms with Crippen LogP contribution in [0.2, 0.25) is 0 Å². The summed E-state index contributed by atoms with van der Waals surface area (Å²) in [5.41, 5.74) is 6.78. The lowest BCUT2D eigenvalue weighted by Gasteiger charge is -2.42. The molecular formula is C17H27N3O3. The van der Waals surface area contributed by atoms with Crippen molar-refractivity contribution in [3.63, 3.8) is 0 Å². The fourth-order valence-electron chi connectivity index (χ4n) is 2.92. The number of rotatable bonds is 5. The van der Waals surface area contributed by atoms with Crippen LogP contribution in [0.3, 0.4) is 0 Å². The third kappa shape index (κ3) is 4.36. The number of hydrogen-bond donors (Lipinski definition) is 2. The Morgan fingerprint density at radius 3 is 2.74 bits per heavy atom. The molecule has 0 aliphatic carbocycles. The zero-order chi connectivity index (χ0) is 17.0. The number of likely N-dealkylation sites (tertiary alicyclic amines) is 1. The van der Waals surface area contributed by atoms with Crippen LogP contribution in [0.15, 0.2) is 18.2 Å². The molecule has 2 rings (SSSR count). The second kappa shape index (κ2) is 7.19. The molecule has 1 fully saturated rings. The van der Waals surface area contributed by atoms with Gasteiger partial charge in [0, 0.05) is 25.2 Å². The second-order valence-corrected chi connectivity index (χ2v) is 6.71. The molecule has 23 heavy (non-hydrogen) atoms. The minimum atomic E-state index is -0.0668. The fraction of sp³-hybridized carbons (Fsp3) is 0.588. The smallest absolute Gasteiger partial charge is 0.238 e. The predicted octanol–water partition coefficient (Wildman–Crippen LogP) is 1.70. The van der Waals surface area contributed by atoms with Crippen LogP contribution < -0.4 is 20.5 Å². The van der Waals surface area contributed by atoms with E-state index in [1.54, 1.807) is 32.4 Å². The maximum atomic E-state index is 12.4. The van der Waals surface area contributed by atoms with Crippen LogP contribution in [0.5, 0.6) is 11.5 Å². The van der Waals surface area contributed by atoms with Crippen molar-refractivity contribution >= 4 is 11.6 Å². The number of ether oxygens (including phenoxy) is 2. The van der Waals surface area contributed by atoms with Gasteiger partial charge in [-0.1, -0.05) is 13.8 Å². The summed E-state index contributed by atoms with van der Waals surface area (Å²) >= 11 is 0. The van der Waals surface area contributed by atoms with E-state index in [2.05, 4.69) is 24.1 Å². The number of carbonyl (C=O) groups excluding carboxylic acids is 1. The molecule has 0 bridgehead atoms. The molecule has 1 aromatic carbocycles. The normalized spacial score (nSPS) is 20.8. The van der Waals surface area contributed by atoms with Gasteiger partial charge in [0.25, 0.3) is 0 Å². The highest BCUT2D eigenvalue weighted by molar-refractivity contribution is 5.94. The molecule has 1 saturated heterocycles. The van der Waals surface area contributed by atoms with Gasteiger partial charge in [0.15, 0.2) is 0 Å². The molecule has 128 valence electrons. The number of methoxy groups -OCH3 is 2. The summed E-state index contributed by atoms with van der Waals surface area (Å²) < 4.78 is 10.5. The molecule has 1 atom stereocenters. The summed E-state index contributed by atoms with van der Waals surface area (Å²) in [5.74, 6) is 1.22. The largest absolute Gasteiger partial charge is 0.497 e. The molecule has 0 aromatic heterocycles. The van der Waals surface area contributed by atoms with Gasteiger partial charge in [-0.25, -0.2) is 0 Å². The topological polar surface area (TPSA) is 76.8 Å². The maximum Gasteiger partial charge on any atom is 0.238 e. The molecule has 1 aromatic rings. The quantitative estimate of drug-likeness (QED) is 0.863. The van der Waals surface area contributed by atoms with E-state index in [1.165, 1.54) is 0 Å². The lowest BCUT2D eigenvalue weighted by Crippen LogP contribution is -2.53. The average Bonchev–Trinajstić information content (AvgIpc) is 2.50. The Balaban J connectivity index is 2.00. The van der Waals surface area contributed by atoms with Crippen molar-refractivity contribution < 1.29 is 14.3 Å². The van der Waals surface area contributed by atoms with Gasteiger partial charge in [0.1, 0.15) is 11.5 Å². The average molecular weight is 321 g/mol. The van der Waals surface area contributed by atoms with E-state index in [9.17, 15) is 4.79 Å². The van der Waals surface area contributed by atoms with Crippen molar-refractivity contribution in [2.24, 2.45) is 11.1 Å². The number of nitrogens with zero attached hydrogens (tertiary/aromatic N) is 1. The molecular weight excluding hydrogens is 294 g/mol. The molecule has 6 heteroatoms. The van der Waals surface area contributed by atoms with Gasteiger partial charge >= 0.3 is 0 Å². The lowest BCUT2D eigenvalue weighted by molar-refractivity contribution is -0.118. The van der Waals surface area contributed by atoms with Gasteiger partial charge in [-0.05, 0) is 24.0 Å². The Bertz CT molecular complexity index is 560. The number of piperidine rings is 1. The fourth-order valence-corrected chi connectivity index (χ4v) is 2.92. The Morgan fingerprint density at radius 2 is 2.13 bits per heavy atom. The van der Waals surface area contributed by atoms with Crippen LogP contribution in [-0.4, -0.2) is 50.7 Å². The summed E-state index contributed by atoms with van der Waals surface area (Å²) in [6, 6.07) is 5.51. The summed E-state index contributed by atoms with van der Waals surface area (Å²) in [6.07, 6.45) is 0.906. The van der Waals surface area contributed by atoms with Crippen LogP contribution in [0.25, 0.3) is 0 Å². The molecule has 1 heterocycles. The van der Waals surface area contributed by atoms with Crippen LogP contribution in [0, 0.1) is 5.41 Å². The van der Waals surface area contributed by atoms with Gasteiger partial charge < -0.3 is 20.5 Å². The first-order chi connectivity index (χ1) is 10.9. The summed E-state index contributed by atoms with van der Waals surface area (Å²) in [6.45, 7) is 6.29. The summed E-state index contributed by atoms with van der Waals surface area (Å²) in [5, 5.41) is 2.91. The maximum absolute atomic E-state index is 12.4. The monoisotopic (exact) mass is 321 g/mol. The van der Waals surface area contributed by atoms with Crippen molar-refractivity contribution in [1.29, 1.82) is 0 Å². The highest BCUT2D eigenvalue weighted by atomic mass is 16.5. The van der Waals surface area contributed by atoms with Gasteiger partial charge in [-0.2, -0.15) is 0 Å². The zero-order valence-corrected chi connectivity index (χ0v) is 14.4. The second-order valence-electron chi connectivity index (χ2n) is 6.71. The van der Waals surface area contributed by atoms with Crippen LogP contribution in [-0.2, 0) is 4.79 Å². The molecule has 1 aliphatic rings. The van der Waals surface area contributed by atoms with Gasteiger partial charge in [-0.15, -0.1) is 0 Å². The number of benzene rings is 1. The van der Waals surface area contributed by atoms with E-state index < -0.39 is 0 Å². The predicted molar refractivity (Wildman–Crippen MR) is 91.0 cm³/mol. The minimum absolute atomic E-state index is 0.0200. The van der Waals surface area contributed by atoms with Crippen molar-refractivity contribution in [3.05, 3.63) is 18.2 Å². The Hall–Kier alpha value is -1.79. The van der Waals surface area contributed by atoms with Crippen LogP contribution in [0.1, 0.15) is 20.3 Å². The molecule has 0 spiro atoms. The number of amides is 1. The van der Waals surface area contributed by atoms with Crippen molar-refractivity contribution in [1.82, 2.24) is 4.90 Å². The Labute approximate surface area is 137 Å². The SMILES string of the molecule is COc1ccc(OC)c(NC(=O)CN2CCC(N)C(C)(C)C2)c1. The van der Waals surface area contributed by atoms with E-state index in [-0.39, 0.29) is 17.4 Å².